The van der Waals surface area contributed by atoms with E-state index in [9.17, 15) is 5.11 Å². The van der Waals surface area contributed by atoms with Crippen LogP contribution in [0.1, 0.15) is 17.2 Å². The molecule has 0 radical (unpaired) electrons. The van der Waals surface area contributed by atoms with Crippen molar-refractivity contribution in [2.75, 3.05) is 0 Å². The Morgan fingerprint density at radius 1 is 1.18 bits per heavy atom. The van der Waals surface area contributed by atoms with Gasteiger partial charge in [0, 0.05) is 11.6 Å². The zero-order valence-electron chi connectivity index (χ0n) is 9.49. The first kappa shape index (κ1) is 11.1. The molecule has 1 aromatic carbocycles. The summed E-state index contributed by atoms with van der Waals surface area (Å²) in [6, 6.07) is 4.31. The molecule has 0 saturated heterocycles. The molecule has 1 heterocycles. The number of benzene rings is 1. The Morgan fingerprint density at radius 2 is 1.82 bits per heavy atom. The molecule has 2 rings (SSSR count). The molecule has 1 aromatic heterocycles. The number of nitrogens with zero attached hydrogens (tertiary/aromatic N) is 4. The standard InChI is InChI=1S/C11H12N4O2/c1-7-13-14-8(2)15(7)12-6-9-3-4-10(16)5-11(9)17/h3-6,16-17H,1-2H3. The van der Waals surface area contributed by atoms with Gasteiger partial charge in [0.2, 0.25) is 0 Å². The van der Waals surface area contributed by atoms with E-state index in [0.717, 1.165) is 0 Å². The highest BCUT2D eigenvalue weighted by Gasteiger charge is 2.03. The van der Waals surface area contributed by atoms with Crippen LogP contribution in [0.4, 0.5) is 0 Å². The van der Waals surface area contributed by atoms with Crippen molar-refractivity contribution >= 4 is 6.21 Å². The molecule has 0 unspecified atom stereocenters. The second-order valence-corrected chi connectivity index (χ2v) is 3.59. The molecule has 88 valence electrons. The minimum Gasteiger partial charge on any atom is -0.508 e. The summed E-state index contributed by atoms with van der Waals surface area (Å²) in [5, 5.41) is 30.6. The fourth-order valence-corrected chi connectivity index (χ4v) is 1.39. The summed E-state index contributed by atoms with van der Waals surface area (Å²) in [5.74, 6) is 1.31. The number of phenolic OH excluding ortho intramolecular Hbond substituents is 2. The number of aromatic nitrogens is 3. The summed E-state index contributed by atoms with van der Waals surface area (Å²) in [5.41, 5.74) is 0.510. The quantitative estimate of drug-likeness (QED) is 0.762. The smallest absolute Gasteiger partial charge is 0.151 e. The lowest BCUT2D eigenvalue weighted by Gasteiger charge is -2.00. The monoisotopic (exact) mass is 232 g/mol. The minimum absolute atomic E-state index is 0.0105. The summed E-state index contributed by atoms with van der Waals surface area (Å²) in [6.07, 6.45) is 1.48. The van der Waals surface area contributed by atoms with Gasteiger partial charge in [0.1, 0.15) is 11.5 Å². The zero-order chi connectivity index (χ0) is 12.4. The van der Waals surface area contributed by atoms with E-state index in [2.05, 4.69) is 15.3 Å². The predicted molar refractivity (Wildman–Crippen MR) is 62.3 cm³/mol. The highest BCUT2D eigenvalue weighted by Crippen LogP contribution is 2.20. The molecule has 0 aliphatic carbocycles. The summed E-state index contributed by atoms with van der Waals surface area (Å²) in [6.45, 7) is 3.57. The van der Waals surface area contributed by atoms with Crippen molar-refractivity contribution in [2.24, 2.45) is 5.10 Å². The molecule has 2 N–H and O–H groups in total. The molecule has 6 heteroatoms. The Labute approximate surface area is 97.9 Å². The number of aryl methyl sites for hydroxylation is 2. The number of aromatic hydroxyl groups is 2. The van der Waals surface area contributed by atoms with Crippen LogP contribution >= 0.6 is 0 Å². The molecule has 0 fully saturated rings. The van der Waals surface area contributed by atoms with Gasteiger partial charge in [-0.15, -0.1) is 10.2 Å². The molecule has 0 atom stereocenters. The Hall–Kier alpha value is -2.37. The van der Waals surface area contributed by atoms with Crippen molar-refractivity contribution in [3.05, 3.63) is 35.4 Å². The van der Waals surface area contributed by atoms with Crippen LogP contribution in [0.2, 0.25) is 0 Å². The van der Waals surface area contributed by atoms with E-state index in [1.54, 1.807) is 24.6 Å². The van der Waals surface area contributed by atoms with E-state index in [1.807, 2.05) is 0 Å². The summed E-state index contributed by atoms with van der Waals surface area (Å²) in [7, 11) is 0. The SMILES string of the molecule is Cc1nnc(C)n1N=Cc1ccc(O)cc1O. The fraction of sp³-hybridized carbons (Fsp3) is 0.182. The molecule has 2 aromatic rings. The van der Waals surface area contributed by atoms with Crippen LogP contribution in [0.3, 0.4) is 0 Å². The summed E-state index contributed by atoms with van der Waals surface area (Å²) in [4.78, 5) is 0. The summed E-state index contributed by atoms with van der Waals surface area (Å²) >= 11 is 0. The largest absolute Gasteiger partial charge is 0.508 e. The fourth-order valence-electron chi connectivity index (χ4n) is 1.39. The number of hydrogen-bond acceptors (Lipinski definition) is 5. The molecule has 17 heavy (non-hydrogen) atoms. The third-order valence-electron chi connectivity index (χ3n) is 2.28. The van der Waals surface area contributed by atoms with Crippen LogP contribution < -0.4 is 0 Å². The van der Waals surface area contributed by atoms with Gasteiger partial charge in [-0.3, -0.25) is 0 Å². The Balaban J connectivity index is 2.32. The van der Waals surface area contributed by atoms with E-state index in [0.29, 0.717) is 17.2 Å². The average Bonchev–Trinajstić information content (AvgIpc) is 2.58. The lowest BCUT2D eigenvalue weighted by atomic mass is 10.2. The molecule has 0 amide bonds. The van der Waals surface area contributed by atoms with Crippen molar-refractivity contribution in [2.45, 2.75) is 13.8 Å². The van der Waals surface area contributed by atoms with Crippen molar-refractivity contribution in [1.82, 2.24) is 14.9 Å². The molecule has 0 aliphatic heterocycles. The van der Waals surface area contributed by atoms with Crippen molar-refractivity contribution in [1.29, 1.82) is 0 Å². The first-order valence-electron chi connectivity index (χ1n) is 5.03. The molecule has 0 spiro atoms. The lowest BCUT2D eigenvalue weighted by molar-refractivity contribution is 0.450. The molecule has 0 bridgehead atoms. The number of rotatable bonds is 2. The lowest BCUT2D eigenvalue weighted by Crippen LogP contribution is -1.96. The Morgan fingerprint density at radius 3 is 2.41 bits per heavy atom. The van der Waals surface area contributed by atoms with Crippen molar-refractivity contribution < 1.29 is 10.2 Å². The van der Waals surface area contributed by atoms with Gasteiger partial charge in [0.25, 0.3) is 0 Å². The highest BCUT2D eigenvalue weighted by molar-refractivity contribution is 5.83. The number of phenols is 2. The van der Waals surface area contributed by atoms with Crippen molar-refractivity contribution in [3.8, 4) is 11.5 Å². The van der Waals surface area contributed by atoms with Crippen LogP contribution in [0.25, 0.3) is 0 Å². The van der Waals surface area contributed by atoms with Crippen LogP contribution in [-0.4, -0.2) is 31.3 Å². The van der Waals surface area contributed by atoms with Gasteiger partial charge in [0.15, 0.2) is 11.6 Å². The van der Waals surface area contributed by atoms with Gasteiger partial charge >= 0.3 is 0 Å². The van der Waals surface area contributed by atoms with E-state index < -0.39 is 0 Å². The van der Waals surface area contributed by atoms with E-state index in [-0.39, 0.29) is 11.5 Å². The van der Waals surface area contributed by atoms with E-state index in [4.69, 9.17) is 5.11 Å². The third kappa shape index (κ3) is 2.25. The van der Waals surface area contributed by atoms with Gasteiger partial charge in [-0.1, -0.05) is 0 Å². The van der Waals surface area contributed by atoms with Crippen LogP contribution in [0.15, 0.2) is 23.3 Å². The van der Waals surface area contributed by atoms with Gasteiger partial charge in [0.05, 0.1) is 6.21 Å². The number of hydrogen-bond donors (Lipinski definition) is 2. The Kier molecular flexibility index (Phi) is 2.78. The van der Waals surface area contributed by atoms with Crippen molar-refractivity contribution in [3.63, 3.8) is 0 Å². The topological polar surface area (TPSA) is 83.5 Å². The zero-order valence-corrected chi connectivity index (χ0v) is 9.49. The molecular formula is C11H12N4O2. The molecule has 0 aliphatic rings. The van der Waals surface area contributed by atoms with E-state index in [1.165, 1.54) is 18.3 Å². The minimum atomic E-state index is -0.0304. The predicted octanol–water partition coefficient (Wildman–Crippen LogP) is 1.19. The first-order valence-corrected chi connectivity index (χ1v) is 5.03. The first-order chi connectivity index (χ1) is 8.08. The Bertz CT molecular complexity index is 555. The van der Waals surface area contributed by atoms with Gasteiger partial charge < -0.3 is 10.2 Å². The van der Waals surface area contributed by atoms with Crippen LogP contribution in [0.5, 0.6) is 11.5 Å². The normalized spacial score (nSPS) is 11.2. The summed E-state index contributed by atoms with van der Waals surface area (Å²) < 4.78 is 1.56. The average molecular weight is 232 g/mol. The maximum atomic E-state index is 9.57. The van der Waals surface area contributed by atoms with Gasteiger partial charge in [-0.2, -0.15) is 5.10 Å². The van der Waals surface area contributed by atoms with Gasteiger partial charge in [-0.25, -0.2) is 4.68 Å². The van der Waals surface area contributed by atoms with Crippen LogP contribution in [-0.2, 0) is 0 Å². The van der Waals surface area contributed by atoms with E-state index >= 15 is 0 Å². The third-order valence-corrected chi connectivity index (χ3v) is 2.28. The molecule has 0 saturated carbocycles. The maximum absolute atomic E-state index is 9.57. The van der Waals surface area contributed by atoms with Crippen LogP contribution in [0, 0.1) is 13.8 Å². The van der Waals surface area contributed by atoms with Gasteiger partial charge in [-0.05, 0) is 26.0 Å². The second kappa shape index (κ2) is 4.25. The molecule has 6 nitrogen and oxygen atoms in total. The maximum Gasteiger partial charge on any atom is 0.151 e. The molecular weight excluding hydrogens is 220 g/mol. The second-order valence-electron chi connectivity index (χ2n) is 3.59. The highest BCUT2D eigenvalue weighted by atomic mass is 16.3.